The minimum Gasteiger partial charge on any atom is -0.494 e. The van der Waals surface area contributed by atoms with Gasteiger partial charge < -0.3 is 24.3 Å². The lowest BCUT2D eigenvalue weighted by molar-refractivity contribution is 0.323. The van der Waals surface area contributed by atoms with Gasteiger partial charge in [0.05, 0.1) is 28.4 Å². The lowest BCUT2D eigenvalue weighted by Gasteiger charge is -2.17. The topological polar surface area (TPSA) is 49.0 Å². The van der Waals surface area contributed by atoms with Crippen LogP contribution >= 0.6 is 0 Å². The zero-order chi connectivity index (χ0) is 18.4. The largest absolute Gasteiger partial charge is 0.494 e. The Kier molecular flexibility index (Phi) is 6.47. The molecule has 0 aromatic heterocycles. The molecule has 0 spiro atoms. The summed E-state index contributed by atoms with van der Waals surface area (Å²) in [4.78, 5) is 0. The second-order valence-corrected chi connectivity index (χ2v) is 5.53. The zero-order valence-corrected chi connectivity index (χ0v) is 15.2. The number of rotatable bonds is 8. The molecule has 0 bridgehead atoms. The molecule has 0 aliphatic heterocycles. The number of nitrogens with one attached hydrogen (secondary N) is 1. The maximum absolute atomic E-state index is 13.9. The van der Waals surface area contributed by atoms with Gasteiger partial charge in [0, 0.05) is 12.6 Å². The van der Waals surface area contributed by atoms with E-state index in [2.05, 4.69) is 5.32 Å². The summed E-state index contributed by atoms with van der Waals surface area (Å²) < 4.78 is 34.8. The van der Waals surface area contributed by atoms with E-state index < -0.39 is 0 Å². The van der Waals surface area contributed by atoms with Gasteiger partial charge in [0.2, 0.25) is 5.75 Å². The third-order valence-electron chi connectivity index (χ3n) is 4.01. The number of halogens is 1. The molecular formula is C19H24FNO4. The summed E-state index contributed by atoms with van der Waals surface area (Å²) in [5.74, 6) is 1.62. The van der Waals surface area contributed by atoms with E-state index in [0.717, 1.165) is 11.1 Å². The van der Waals surface area contributed by atoms with Crippen molar-refractivity contribution in [3.63, 3.8) is 0 Å². The van der Waals surface area contributed by atoms with Crippen molar-refractivity contribution in [3.8, 4) is 23.0 Å². The molecule has 0 aliphatic rings. The highest BCUT2D eigenvalue weighted by atomic mass is 19.1. The highest BCUT2D eigenvalue weighted by Gasteiger charge is 2.14. The third kappa shape index (κ3) is 4.33. The zero-order valence-electron chi connectivity index (χ0n) is 15.2. The molecular weight excluding hydrogens is 325 g/mol. The Morgan fingerprint density at radius 3 is 1.96 bits per heavy atom. The molecule has 0 aliphatic carbocycles. The maximum Gasteiger partial charge on any atom is 0.203 e. The first-order chi connectivity index (χ1) is 12.0. The second kappa shape index (κ2) is 8.58. The van der Waals surface area contributed by atoms with Gasteiger partial charge in [0.25, 0.3) is 0 Å². The Morgan fingerprint density at radius 2 is 1.48 bits per heavy atom. The van der Waals surface area contributed by atoms with E-state index in [1.165, 1.54) is 13.2 Å². The molecule has 0 heterocycles. The molecule has 0 amide bonds. The van der Waals surface area contributed by atoms with Crippen LogP contribution in [-0.2, 0) is 6.54 Å². The molecule has 2 aromatic rings. The van der Waals surface area contributed by atoms with Crippen molar-refractivity contribution in [1.82, 2.24) is 5.32 Å². The lowest BCUT2D eigenvalue weighted by Crippen LogP contribution is -2.18. The lowest BCUT2D eigenvalue weighted by atomic mass is 10.1. The summed E-state index contributed by atoms with van der Waals surface area (Å²) in [7, 11) is 6.18. The van der Waals surface area contributed by atoms with Crippen LogP contribution in [0.5, 0.6) is 23.0 Å². The minimum atomic E-state index is -0.374. The van der Waals surface area contributed by atoms with Crippen molar-refractivity contribution in [1.29, 1.82) is 0 Å². The molecule has 5 nitrogen and oxygen atoms in total. The quantitative estimate of drug-likeness (QED) is 0.787. The molecule has 0 radical (unpaired) electrons. The Balaban J connectivity index is 2.13. The van der Waals surface area contributed by atoms with Crippen molar-refractivity contribution in [2.45, 2.75) is 19.5 Å². The Bertz CT molecular complexity index is 696. The van der Waals surface area contributed by atoms with E-state index in [4.69, 9.17) is 18.9 Å². The normalized spacial score (nSPS) is 11.8. The molecule has 136 valence electrons. The molecule has 0 fully saturated rings. The van der Waals surface area contributed by atoms with Gasteiger partial charge in [-0.2, -0.15) is 0 Å². The van der Waals surface area contributed by atoms with E-state index >= 15 is 0 Å². The number of methoxy groups -OCH3 is 4. The van der Waals surface area contributed by atoms with E-state index in [9.17, 15) is 4.39 Å². The van der Waals surface area contributed by atoms with Gasteiger partial charge >= 0.3 is 0 Å². The van der Waals surface area contributed by atoms with Gasteiger partial charge in [-0.15, -0.1) is 0 Å². The number of hydrogen-bond acceptors (Lipinski definition) is 5. The Morgan fingerprint density at radius 1 is 0.880 bits per heavy atom. The first-order valence-corrected chi connectivity index (χ1v) is 7.89. The van der Waals surface area contributed by atoms with Crippen molar-refractivity contribution in [3.05, 3.63) is 47.3 Å². The Hall–Kier alpha value is -2.47. The fourth-order valence-electron chi connectivity index (χ4n) is 2.58. The second-order valence-electron chi connectivity index (χ2n) is 5.53. The molecule has 0 saturated heterocycles. The van der Waals surface area contributed by atoms with Crippen LogP contribution in [0.3, 0.4) is 0 Å². The van der Waals surface area contributed by atoms with Gasteiger partial charge in [-0.25, -0.2) is 4.39 Å². The van der Waals surface area contributed by atoms with Gasteiger partial charge in [-0.05, 0) is 42.3 Å². The highest BCUT2D eigenvalue weighted by Crippen LogP contribution is 2.38. The SMILES string of the molecule is COc1ccc(C(C)NCc2cc(OC)c(OC)c(OC)c2)cc1F. The number of benzene rings is 2. The molecule has 1 unspecified atom stereocenters. The van der Waals surface area contributed by atoms with Crippen molar-refractivity contribution in [2.24, 2.45) is 0 Å². The van der Waals surface area contributed by atoms with Crippen LogP contribution in [0.4, 0.5) is 4.39 Å². The first kappa shape index (κ1) is 18.9. The van der Waals surface area contributed by atoms with E-state index in [0.29, 0.717) is 23.8 Å². The molecule has 2 aromatic carbocycles. The van der Waals surface area contributed by atoms with Crippen LogP contribution in [0, 0.1) is 5.82 Å². The maximum atomic E-state index is 13.9. The first-order valence-electron chi connectivity index (χ1n) is 7.89. The summed E-state index contributed by atoms with van der Waals surface area (Å²) in [5, 5.41) is 3.36. The van der Waals surface area contributed by atoms with Crippen LogP contribution < -0.4 is 24.3 Å². The summed E-state index contributed by atoms with van der Waals surface area (Å²) >= 11 is 0. The summed E-state index contributed by atoms with van der Waals surface area (Å²) in [5.41, 5.74) is 1.81. The van der Waals surface area contributed by atoms with Crippen molar-refractivity contribution < 1.29 is 23.3 Å². The summed E-state index contributed by atoms with van der Waals surface area (Å²) in [6, 6.07) is 8.67. The number of hydrogen-bond donors (Lipinski definition) is 1. The summed E-state index contributed by atoms with van der Waals surface area (Å²) in [6.07, 6.45) is 0. The van der Waals surface area contributed by atoms with E-state index in [1.807, 2.05) is 25.1 Å². The molecule has 2 rings (SSSR count). The smallest absolute Gasteiger partial charge is 0.203 e. The number of ether oxygens (including phenoxy) is 4. The van der Waals surface area contributed by atoms with Gasteiger partial charge in [0.15, 0.2) is 23.1 Å². The van der Waals surface area contributed by atoms with Crippen LogP contribution in [-0.4, -0.2) is 28.4 Å². The molecule has 0 saturated carbocycles. The average Bonchev–Trinajstić information content (AvgIpc) is 2.64. The minimum absolute atomic E-state index is 0.0421. The third-order valence-corrected chi connectivity index (χ3v) is 4.01. The average molecular weight is 349 g/mol. The molecule has 1 atom stereocenters. The Labute approximate surface area is 147 Å². The van der Waals surface area contributed by atoms with Crippen LogP contribution in [0.2, 0.25) is 0 Å². The molecule has 1 N–H and O–H groups in total. The fraction of sp³-hybridized carbons (Fsp3) is 0.368. The van der Waals surface area contributed by atoms with Crippen LogP contribution in [0.1, 0.15) is 24.1 Å². The van der Waals surface area contributed by atoms with Crippen molar-refractivity contribution in [2.75, 3.05) is 28.4 Å². The highest BCUT2D eigenvalue weighted by molar-refractivity contribution is 5.53. The van der Waals surface area contributed by atoms with E-state index in [1.54, 1.807) is 27.4 Å². The van der Waals surface area contributed by atoms with Gasteiger partial charge in [0.1, 0.15) is 0 Å². The fourth-order valence-corrected chi connectivity index (χ4v) is 2.58. The predicted octanol–water partition coefficient (Wildman–Crippen LogP) is 3.71. The van der Waals surface area contributed by atoms with Crippen LogP contribution in [0.25, 0.3) is 0 Å². The standard InChI is InChI=1S/C19H24FNO4/c1-12(14-6-7-16(22-2)15(20)10-14)21-11-13-8-17(23-3)19(25-5)18(9-13)24-4/h6-10,12,21H,11H2,1-5H3. The van der Waals surface area contributed by atoms with Crippen molar-refractivity contribution >= 4 is 0 Å². The van der Waals surface area contributed by atoms with Gasteiger partial charge in [-0.1, -0.05) is 6.07 Å². The molecule has 6 heteroatoms. The van der Waals surface area contributed by atoms with E-state index in [-0.39, 0.29) is 17.6 Å². The molecule has 25 heavy (non-hydrogen) atoms. The summed E-state index contributed by atoms with van der Waals surface area (Å²) in [6.45, 7) is 2.53. The van der Waals surface area contributed by atoms with Gasteiger partial charge in [-0.3, -0.25) is 0 Å². The predicted molar refractivity (Wildman–Crippen MR) is 94.3 cm³/mol. The monoisotopic (exact) mass is 349 g/mol. The van der Waals surface area contributed by atoms with Crippen LogP contribution in [0.15, 0.2) is 30.3 Å².